The van der Waals surface area contributed by atoms with Crippen molar-refractivity contribution in [3.05, 3.63) is 70.3 Å². The molecule has 1 aromatic heterocycles. The highest BCUT2D eigenvalue weighted by Crippen LogP contribution is 2.48. The normalized spacial score (nSPS) is 24.4. The summed E-state index contributed by atoms with van der Waals surface area (Å²) in [7, 11) is -3.42. The first kappa shape index (κ1) is 25.5. The van der Waals surface area contributed by atoms with Crippen LogP contribution in [0, 0.1) is 11.6 Å². The lowest BCUT2D eigenvalue weighted by atomic mass is 10.0. The van der Waals surface area contributed by atoms with Gasteiger partial charge in [-0.25, -0.2) is 27.0 Å². The summed E-state index contributed by atoms with van der Waals surface area (Å²) in [6, 6.07) is 3.77. The molecule has 0 aliphatic carbocycles. The number of hydrogen-bond acceptors (Lipinski definition) is 7. The minimum absolute atomic E-state index is 0.0833. The van der Waals surface area contributed by atoms with Crippen molar-refractivity contribution in [1.82, 2.24) is 19.4 Å². The molecule has 3 atom stereocenters. The van der Waals surface area contributed by atoms with Crippen molar-refractivity contribution >= 4 is 50.0 Å². The minimum atomic E-state index is -3.42. The number of piperazine rings is 1. The Hall–Kier alpha value is -2.80. The summed E-state index contributed by atoms with van der Waals surface area (Å²) in [4.78, 5) is 33.5. The lowest BCUT2D eigenvalue weighted by molar-refractivity contribution is -0.131. The Morgan fingerprint density at radius 3 is 2.68 bits per heavy atom. The molecule has 8 nitrogen and oxygen atoms in total. The molecule has 3 unspecified atom stereocenters. The number of carbonyl (C=O) groups excluding carboxylic acids is 1. The Bertz CT molecular complexity index is 1700. The number of nitrogens with zero attached hydrogens (tertiary/aromatic N) is 4. The maximum atomic E-state index is 15.0. The summed E-state index contributed by atoms with van der Waals surface area (Å²) in [5, 5.41) is 0.362. The number of fused-ring (bicyclic) bond motifs is 1. The number of rotatable bonds is 3. The topological polar surface area (TPSA) is 92.6 Å². The van der Waals surface area contributed by atoms with E-state index in [0.717, 1.165) is 12.1 Å². The van der Waals surface area contributed by atoms with Gasteiger partial charge < -0.3 is 4.90 Å². The van der Waals surface area contributed by atoms with Crippen LogP contribution in [-0.2, 0) is 21.2 Å². The lowest BCUT2D eigenvalue weighted by Gasteiger charge is -2.47. The summed E-state index contributed by atoms with van der Waals surface area (Å²) < 4.78 is 55.6. The van der Waals surface area contributed by atoms with E-state index in [2.05, 4.69) is 11.6 Å². The van der Waals surface area contributed by atoms with Gasteiger partial charge >= 0.3 is 5.69 Å². The second-order valence-corrected chi connectivity index (χ2v) is 13.3. The van der Waals surface area contributed by atoms with Crippen LogP contribution < -0.4 is 5.69 Å². The molecule has 2 aromatic carbocycles. The highest BCUT2D eigenvalue weighted by atomic mass is 35.5. The monoisotopic (exact) mass is 578 g/mol. The van der Waals surface area contributed by atoms with Crippen LogP contribution in [0.15, 0.2) is 52.8 Å². The Labute approximate surface area is 225 Å². The first-order chi connectivity index (χ1) is 18.1. The van der Waals surface area contributed by atoms with Gasteiger partial charge in [-0.3, -0.25) is 14.3 Å². The largest absolute Gasteiger partial charge is 0.348 e. The third kappa shape index (κ3) is 4.05. The Kier molecular flexibility index (Phi) is 6.13. The molecule has 2 fully saturated rings. The quantitative estimate of drug-likeness (QED) is 0.441. The molecule has 0 bridgehead atoms. The van der Waals surface area contributed by atoms with Crippen molar-refractivity contribution in [3.63, 3.8) is 0 Å². The van der Waals surface area contributed by atoms with Gasteiger partial charge in [0.05, 0.1) is 40.0 Å². The zero-order chi connectivity index (χ0) is 26.9. The van der Waals surface area contributed by atoms with Crippen LogP contribution in [-0.4, -0.2) is 75.7 Å². The van der Waals surface area contributed by atoms with Crippen LogP contribution in [0.4, 0.5) is 8.78 Å². The SMILES string of the molecule is C=CC(=O)N1CCN(C2Cn3c(=O)ncc4cc(Cl)c(-c5ccc(F)cc5F)c(c43)S2)C2CS(=O)(=O)CC21. The van der Waals surface area contributed by atoms with Gasteiger partial charge in [-0.2, -0.15) is 0 Å². The zero-order valence-electron chi connectivity index (χ0n) is 19.8. The minimum Gasteiger partial charge on any atom is -0.332 e. The fraction of sp³-hybridized carbons (Fsp3) is 0.320. The molecule has 3 aliphatic heterocycles. The maximum absolute atomic E-state index is 15.0. The van der Waals surface area contributed by atoms with Crippen molar-refractivity contribution in [3.8, 4) is 11.1 Å². The van der Waals surface area contributed by atoms with Crippen molar-refractivity contribution in [2.24, 2.45) is 0 Å². The first-order valence-corrected chi connectivity index (χ1v) is 14.9. The molecule has 0 saturated carbocycles. The summed E-state index contributed by atoms with van der Waals surface area (Å²) in [6.45, 7) is 4.39. The third-order valence-electron chi connectivity index (χ3n) is 7.39. The van der Waals surface area contributed by atoms with Gasteiger partial charge in [-0.1, -0.05) is 18.2 Å². The van der Waals surface area contributed by atoms with Gasteiger partial charge in [0.2, 0.25) is 5.91 Å². The average molecular weight is 579 g/mol. The van der Waals surface area contributed by atoms with E-state index in [-0.39, 0.29) is 41.1 Å². The van der Waals surface area contributed by atoms with Gasteiger partial charge in [0, 0.05) is 52.8 Å². The molecule has 3 aromatic rings. The van der Waals surface area contributed by atoms with E-state index >= 15 is 0 Å². The van der Waals surface area contributed by atoms with E-state index in [1.54, 1.807) is 11.0 Å². The Morgan fingerprint density at radius 1 is 1.18 bits per heavy atom. The second-order valence-electron chi connectivity index (χ2n) is 9.53. The van der Waals surface area contributed by atoms with Crippen LogP contribution in [0.3, 0.4) is 0 Å². The van der Waals surface area contributed by atoms with Crippen molar-refractivity contribution in [1.29, 1.82) is 0 Å². The highest BCUT2D eigenvalue weighted by Gasteiger charge is 2.50. The van der Waals surface area contributed by atoms with Crippen molar-refractivity contribution < 1.29 is 22.0 Å². The number of sulfone groups is 1. The van der Waals surface area contributed by atoms with Crippen LogP contribution in [0.5, 0.6) is 0 Å². The van der Waals surface area contributed by atoms with Crippen LogP contribution >= 0.6 is 23.4 Å². The molecule has 13 heteroatoms. The summed E-state index contributed by atoms with van der Waals surface area (Å²) in [5.74, 6) is -2.15. The number of thioether (sulfide) groups is 1. The van der Waals surface area contributed by atoms with Crippen LogP contribution in [0.25, 0.3) is 22.0 Å². The van der Waals surface area contributed by atoms with E-state index in [0.29, 0.717) is 27.9 Å². The van der Waals surface area contributed by atoms with Crippen molar-refractivity contribution in [2.75, 3.05) is 24.6 Å². The van der Waals surface area contributed by atoms with E-state index in [1.165, 1.54) is 34.7 Å². The molecule has 0 radical (unpaired) electrons. The molecular weight excluding hydrogens is 558 g/mol. The second kappa shape index (κ2) is 9.15. The Balaban J connectivity index is 1.49. The summed E-state index contributed by atoms with van der Waals surface area (Å²) in [6.07, 6.45) is 2.59. The number of benzene rings is 2. The molecule has 4 heterocycles. The van der Waals surface area contributed by atoms with Crippen molar-refractivity contribution in [2.45, 2.75) is 28.9 Å². The van der Waals surface area contributed by atoms with E-state index in [4.69, 9.17) is 11.6 Å². The van der Waals surface area contributed by atoms with E-state index in [1.807, 2.05) is 4.90 Å². The molecule has 198 valence electrons. The fourth-order valence-corrected chi connectivity index (χ4v) is 9.69. The van der Waals surface area contributed by atoms with E-state index in [9.17, 15) is 26.8 Å². The van der Waals surface area contributed by atoms with Crippen LogP contribution in [0.2, 0.25) is 5.02 Å². The average Bonchev–Trinajstić information content (AvgIpc) is 3.20. The predicted octanol–water partition coefficient (Wildman–Crippen LogP) is 2.92. The smallest absolute Gasteiger partial charge is 0.332 e. The van der Waals surface area contributed by atoms with Gasteiger partial charge in [-0.05, 0) is 24.3 Å². The van der Waals surface area contributed by atoms with Gasteiger partial charge in [0.25, 0.3) is 0 Å². The first-order valence-electron chi connectivity index (χ1n) is 11.8. The molecule has 0 spiro atoms. The summed E-state index contributed by atoms with van der Waals surface area (Å²) in [5.41, 5.74) is 0.431. The number of amides is 1. The third-order valence-corrected chi connectivity index (χ3v) is 10.7. The lowest BCUT2D eigenvalue weighted by Crippen LogP contribution is -2.63. The fourth-order valence-electron chi connectivity index (χ4n) is 5.76. The van der Waals surface area contributed by atoms with Gasteiger partial charge in [-0.15, -0.1) is 11.8 Å². The summed E-state index contributed by atoms with van der Waals surface area (Å²) >= 11 is 8.00. The molecular formula is C25H21ClF2N4O4S2. The number of halogens is 3. The highest BCUT2D eigenvalue weighted by molar-refractivity contribution is 8.00. The number of hydrogen-bond donors (Lipinski definition) is 0. The van der Waals surface area contributed by atoms with Crippen LogP contribution in [0.1, 0.15) is 0 Å². The standard InChI is InChI=1S/C25H21ClF2N4O4S2/c1-2-20(33)30-5-6-31(19-12-38(35,36)11-18(19)30)21-10-32-23-13(9-29-25(32)34)7-16(26)22(24(23)37-21)15-4-3-14(27)8-17(15)28/h2-4,7-9,18-19,21H,1,5-6,10-12H2. The molecule has 1 amide bonds. The van der Waals surface area contributed by atoms with E-state index < -0.39 is 44.6 Å². The zero-order valence-corrected chi connectivity index (χ0v) is 22.2. The maximum Gasteiger partial charge on any atom is 0.348 e. The van der Waals surface area contributed by atoms with Gasteiger partial charge in [0.15, 0.2) is 9.84 Å². The molecule has 3 aliphatic rings. The molecule has 2 saturated heterocycles. The predicted molar refractivity (Wildman–Crippen MR) is 141 cm³/mol. The molecule has 6 rings (SSSR count). The molecule has 38 heavy (non-hydrogen) atoms. The molecule has 0 N–H and O–H groups in total. The number of aromatic nitrogens is 2. The Morgan fingerprint density at radius 2 is 1.95 bits per heavy atom. The van der Waals surface area contributed by atoms with Gasteiger partial charge in [0.1, 0.15) is 11.6 Å². The number of carbonyl (C=O) groups is 1.